The van der Waals surface area contributed by atoms with Crippen molar-refractivity contribution in [2.24, 2.45) is 5.41 Å². The second-order valence-electron chi connectivity index (χ2n) is 5.92. The number of benzene rings is 1. The molecule has 1 aliphatic carbocycles. The Morgan fingerprint density at radius 2 is 2.05 bits per heavy atom. The fourth-order valence-corrected chi connectivity index (χ4v) is 4.47. The van der Waals surface area contributed by atoms with E-state index in [1.54, 1.807) is 13.0 Å². The number of aliphatic hydroxyl groups is 1. The lowest BCUT2D eigenvalue weighted by Gasteiger charge is -2.17. The van der Waals surface area contributed by atoms with E-state index in [0.717, 1.165) is 25.7 Å². The van der Waals surface area contributed by atoms with Crippen LogP contribution in [0.4, 0.5) is 0 Å². The Bertz CT molecular complexity index is 624. The number of hydrogen-bond donors (Lipinski definition) is 2. The molecule has 0 radical (unpaired) electrons. The summed E-state index contributed by atoms with van der Waals surface area (Å²) in [6.45, 7) is 4.05. The minimum atomic E-state index is -3.60. The number of aliphatic hydroxyl groups excluding tert-OH is 1. The van der Waals surface area contributed by atoms with Crippen LogP contribution in [0.5, 0.6) is 0 Å². The summed E-state index contributed by atoms with van der Waals surface area (Å²) in [7, 11) is -3.60. The Hall–Kier alpha value is -0.620. The van der Waals surface area contributed by atoms with Crippen LogP contribution >= 0.6 is 11.6 Å². The van der Waals surface area contributed by atoms with Gasteiger partial charge in [-0.25, -0.2) is 13.1 Å². The van der Waals surface area contributed by atoms with Crippen LogP contribution in [-0.4, -0.2) is 20.1 Å². The molecule has 0 unspecified atom stereocenters. The fourth-order valence-electron chi connectivity index (χ4n) is 2.70. The molecule has 0 aliphatic heterocycles. The minimum Gasteiger partial charge on any atom is -0.392 e. The highest BCUT2D eigenvalue weighted by Gasteiger charge is 2.42. The molecule has 0 atom stereocenters. The number of rotatable bonds is 7. The Balaban J connectivity index is 2.22. The van der Waals surface area contributed by atoms with E-state index < -0.39 is 10.0 Å². The van der Waals surface area contributed by atoms with E-state index in [1.807, 2.05) is 0 Å². The van der Waals surface area contributed by atoms with Gasteiger partial charge in [0.2, 0.25) is 10.0 Å². The van der Waals surface area contributed by atoms with Crippen LogP contribution in [0.15, 0.2) is 17.0 Å². The normalized spacial score (nSPS) is 17.0. The highest BCUT2D eigenvalue weighted by molar-refractivity contribution is 7.89. The molecule has 1 fully saturated rings. The SMILES string of the molecule is CCCC1(CNS(=O)(=O)c2cc(Cl)cc(CO)c2C)CC1. The molecule has 1 aromatic carbocycles. The van der Waals surface area contributed by atoms with Crippen LogP contribution in [0.25, 0.3) is 0 Å². The highest BCUT2D eigenvalue weighted by Crippen LogP contribution is 2.49. The molecule has 118 valence electrons. The number of halogens is 1. The summed E-state index contributed by atoms with van der Waals surface area (Å²) in [5.74, 6) is 0. The quantitative estimate of drug-likeness (QED) is 0.807. The van der Waals surface area contributed by atoms with Gasteiger partial charge in [0.15, 0.2) is 0 Å². The van der Waals surface area contributed by atoms with E-state index in [2.05, 4.69) is 11.6 Å². The van der Waals surface area contributed by atoms with E-state index in [9.17, 15) is 13.5 Å². The van der Waals surface area contributed by atoms with Crippen LogP contribution in [0.1, 0.15) is 43.7 Å². The lowest BCUT2D eigenvalue weighted by atomic mass is 10.0. The first-order valence-electron chi connectivity index (χ1n) is 7.23. The van der Waals surface area contributed by atoms with Crippen molar-refractivity contribution in [3.63, 3.8) is 0 Å². The van der Waals surface area contributed by atoms with Crippen LogP contribution in [-0.2, 0) is 16.6 Å². The Kier molecular flexibility index (Phi) is 4.98. The first-order chi connectivity index (χ1) is 9.83. The maximum Gasteiger partial charge on any atom is 0.240 e. The molecule has 0 aromatic heterocycles. The Labute approximate surface area is 131 Å². The molecule has 0 amide bonds. The van der Waals surface area contributed by atoms with Crippen molar-refractivity contribution in [1.29, 1.82) is 0 Å². The van der Waals surface area contributed by atoms with Crippen molar-refractivity contribution in [3.05, 3.63) is 28.3 Å². The molecule has 1 aliphatic rings. The summed E-state index contributed by atoms with van der Waals surface area (Å²) < 4.78 is 27.7. The summed E-state index contributed by atoms with van der Waals surface area (Å²) >= 11 is 5.96. The van der Waals surface area contributed by atoms with E-state index in [1.165, 1.54) is 6.07 Å². The monoisotopic (exact) mass is 331 g/mol. The zero-order valence-corrected chi connectivity index (χ0v) is 14.0. The van der Waals surface area contributed by atoms with Crippen molar-refractivity contribution < 1.29 is 13.5 Å². The summed E-state index contributed by atoms with van der Waals surface area (Å²) in [5.41, 5.74) is 1.24. The fraction of sp³-hybridized carbons (Fsp3) is 0.600. The average molecular weight is 332 g/mol. The average Bonchev–Trinajstić information content (AvgIpc) is 3.19. The van der Waals surface area contributed by atoms with Crippen LogP contribution < -0.4 is 4.72 Å². The molecule has 0 spiro atoms. The standard InChI is InChI=1S/C15H22ClNO3S/c1-3-4-15(5-6-15)10-17-21(19,20)14-8-13(16)7-12(9-18)11(14)2/h7-8,17-18H,3-6,9-10H2,1-2H3. The first kappa shape index (κ1) is 16.7. The van der Waals surface area contributed by atoms with Gasteiger partial charge >= 0.3 is 0 Å². The third-order valence-electron chi connectivity index (χ3n) is 4.27. The van der Waals surface area contributed by atoms with Gasteiger partial charge in [0.25, 0.3) is 0 Å². The van der Waals surface area contributed by atoms with Crippen molar-refractivity contribution in [3.8, 4) is 0 Å². The van der Waals surface area contributed by atoms with Gasteiger partial charge in [-0.1, -0.05) is 24.9 Å². The molecular weight excluding hydrogens is 310 g/mol. The summed E-state index contributed by atoms with van der Waals surface area (Å²) in [6.07, 6.45) is 4.28. The molecule has 21 heavy (non-hydrogen) atoms. The van der Waals surface area contributed by atoms with Crippen LogP contribution in [0.2, 0.25) is 5.02 Å². The lowest BCUT2D eigenvalue weighted by Crippen LogP contribution is -2.31. The molecule has 2 N–H and O–H groups in total. The first-order valence-corrected chi connectivity index (χ1v) is 9.09. The molecule has 2 rings (SSSR count). The van der Waals surface area contributed by atoms with Crippen molar-refractivity contribution >= 4 is 21.6 Å². The van der Waals surface area contributed by atoms with Gasteiger partial charge in [-0.3, -0.25) is 0 Å². The molecule has 0 bridgehead atoms. The smallest absolute Gasteiger partial charge is 0.240 e. The van der Waals surface area contributed by atoms with Gasteiger partial charge in [-0.05, 0) is 54.9 Å². The second kappa shape index (κ2) is 6.24. The molecular formula is C15H22ClNO3S. The summed E-state index contributed by atoms with van der Waals surface area (Å²) in [5, 5.41) is 9.62. The zero-order valence-electron chi connectivity index (χ0n) is 12.4. The number of hydrogen-bond acceptors (Lipinski definition) is 3. The van der Waals surface area contributed by atoms with Crippen LogP contribution in [0, 0.1) is 12.3 Å². The van der Waals surface area contributed by atoms with Gasteiger partial charge in [-0.15, -0.1) is 0 Å². The maximum atomic E-state index is 12.5. The summed E-state index contributed by atoms with van der Waals surface area (Å²) in [6, 6.07) is 3.03. The molecule has 4 nitrogen and oxygen atoms in total. The summed E-state index contributed by atoms with van der Waals surface area (Å²) in [4.78, 5) is 0.159. The largest absolute Gasteiger partial charge is 0.392 e. The van der Waals surface area contributed by atoms with Gasteiger partial charge < -0.3 is 5.11 Å². The number of sulfonamides is 1. The van der Waals surface area contributed by atoms with E-state index in [0.29, 0.717) is 22.7 Å². The molecule has 0 heterocycles. The van der Waals surface area contributed by atoms with Crippen LogP contribution in [0.3, 0.4) is 0 Å². The molecule has 1 aromatic rings. The van der Waals surface area contributed by atoms with Crippen molar-refractivity contribution in [2.45, 2.75) is 51.0 Å². The van der Waals surface area contributed by atoms with Gasteiger partial charge in [0, 0.05) is 11.6 Å². The van der Waals surface area contributed by atoms with E-state index in [4.69, 9.17) is 11.6 Å². The predicted octanol–water partition coefficient (Wildman–Crippen LogP) is 3.00. The number of nitrogens with one attached hydrogen (secondary N) is 1. The Morgan fingerprint density at radius 3 is 2.57 bits per heavy atom. The molecule has 0 saturated heterocycles. The van der Waals surface area contributed by atoms with E-state index >= 15 is 0 Å². The maximum absolute atomic E-state index is 12.5. The second-order valence-corrected chi connectivity index (χ2v) is 8.09. The third-order valence-corrected chi connectivity index (χ3v) is 6.01. The molecule has 6 heteroatoms. The lowest BCUT2D eigenvalue weighted by molar-refractivity contribution is 0.280. The minimum absolute atomic E-state index is 0.147. The zero-order chi connectivity index (χ0) is 15.7. The third kappa shape index (κ3) is 3.77. The van der Waals surface area contributed by atoms with E-state index in [-0.39, 0.29) is 16.9 Å². The van der Waals surface area contributed by atoms with Gasteiger partial charge in [-0.2, -0.15) is 0 Å². The Morgan fingerprint density at radius 1 is 1.38 bits per heavy atom. The van der Waals surface area contributed by atoms with Crippen molar-refractivity contribution in [1.82, 2.24) is 4.72 Å². The van der Waals surface area contributed by atoms with Gasteiger partial charge in [0.1, 0.15) is 0 Å². The molecule has 1 saturated carbocycles. The topological polar surface area (TPSA) is 66.4 Å². The highest BCUT2D eigenvalue weighted by atomic mass is 35.5. The van der Waals surface area contributed by atoms with Crippen molar-refractivity contribution in [2.75, 3.05) is 6.54 Å². The van der Waals surface area contributed by atoms with Gasteiger partial charge in [0.05, 0.1) is 11.5 Å². The predicted molar refractivity (Wildman–Crippen MR) is 83.9 cm³/mol.